The van der Waals surface area contributed by atoms with Crippen LogP contribution in [0.15, 0.2) is 66.9 Å². The van der Waals surface area contributed by atoms with Crippen LogP contribution in [0.2, 0.25) is 0 Å². The summed E-state index contributed by atoms with van der Waals surface area (Å²) in [4.78, 5) is 9.39. The van der Waals surface area contributed by atoms with E-state index in [0.29, 0.717) is 23.6 Å². The van der Waals surface area contributed by atoms with Crippen LogP contribution in [0.3, 0.4) is 0 Å². The average Bonchev–Trinajstić information content (AvgIpc) is 3.46. The third-order valence-electron chi connectivity index (χ3n) is 6.45. The van der Waals surface area contributed by atoms with Crippen LogP contribution in [0.4, 0.5) is 0 Å². The fraction of sp³-hybridized carbons (Fsp3) is 0.250. The van der Waals surface area contributed by atoms with Gasteiger partial charge in [-0.2, -0.15) is 0 Å². The minimum atomic E-state index is -0.0367. The lowest BCUT2D eigenvalue weighted by Gasteiger charge is -2.21. The van der Waals surface area contributed by atoms with Crippen LogP contribution in [0.1, 0.15) is 29.0 Å². The molecule has 144 valence electrons. The molecule has 0 amide bonds. The highest BCUT2D eigenvalue weighted by atomic mass is 16.3. The Morgan fingerprint density at radius 2 is 1.86 bits per heavy atom. The van der Waals surface area contributed by atoms with Gasteiger partial charge in [-0.25, -0.2) is 4.98 Å². The quantitative estimate of drug-likeness (QED) is 0.569. The first-order valence-corrected chi connectivity index (χ1v) is 10.2. The Morgan fingerprint density at radius 1 is 1.00 bits per heavy atom. The van der Waals surface area contributed by atoms with Gasteiger partial charge in [0.2, 0.25) is 0 Å². The van der Waals surface area contributed by atoms with E-state index in [1.54, 1.807) is 0 Å². The summed E-state index contributed by atoms with van der Waals surface area (Å²) in [7, 11) is 0. The molecule has 2 N–H and O–H groups in total. The van der Waals surface area contributed by atoms with Crippen LogP contribution in [0.25, 0.3) is 22.2 Å². The van der Waals surface area contributed by atoms with Crippen molar-refractivity contribution in [1.29, 1.82) is 0 Å². The molecule has 4 heterocycles. The fourth-order valence-corrected chi connectivity index (χ4v) is 5.09. The van der Waals surface area contributed by atoms with E-state index >= 15 is 0 Å². The SMILES string of the molecule is OCc1ccc(-c2ccc3nc4n(c3c2)[C@@H](c2ccccc2)[C@H]2CNC[C@@H]42)cn1. The van der Waals surface area contributed by atoms with Gasteiger partial charge in [0.15, 0.2) is 0 Å². The first-order valence-electron chi connectivity index (χ1n) is 10.2. The van der Waals surface area contributed by atoms with E-state index < -0.39 is 0 Å². The number of nitrogens with one attached hydrogen (secondary N) is 1. The van der Waals surface area contributed by atoms with Gasteiger partial charge in [0.25, 0.3) is 0 Å². The number of hydrogen-bond acceptors (Lipinski definition) is 4. The van der Waals surface area contributed by atoms with Gasteiger partial charge < -0.3 is 15.0 Å². The predicted octanol–water partition coefficient (Wildman–Crippen LogP) is 3.50. The van der Waals surface area contributed by atoms with Crippen LogP contribution in [0.5, 0.6) is 0 Å². The lowest BCUT2D eigenvalue weighted by Crippen LogP contribution is -2.19. The average molecular weight is 382 g/mol. The number of rotatable bonds is 3. The number of fused-ring (bicyclic) bond motifs is 5. The number of benzene rings is 2. The van der Waals surface area contributed by atoms with Crippen LogP contribution in [-0.4, -0.2) is 32.7 Å². The molecule has 0 unspecified atom stereocenters. The Hall–Kier alpha value is -3.02. The second-order valence-electron chi connectivity index (χ2n) is 8.02. The van der Waals surface area contributed by atoms with Crippen molar-refractivity contribution in [3.63, 3.8) is 0 Å². The molecule has 0 saturated carbocycles. The monoisotopic (exact) mass is 382 g/mol. The maximum Gasteiger partial charge on any atom is 0.115 e. The van der Waals surface area contributed by atoms with Crippen molar-refractivity contribution in [1.82, 2.24) is 19.9 Å². The van der Waals surface area contributed by atoms with Crippen LogP contribution in [0, 0.1) is 5.92 Å². The number of pyridine rings is 1. The first kappa shape index (κ1) is 16.9. The minimum absolute atomic E-state index is 0.0367. The smallest absolute Gasteiger partial charge is 0.115 e. The third kappa shape index (κ3) is 2.55. The number of imidazole rings is 1. The molecule has 1 fully saturated rings. The van der Waals surface area contributed by atoms with E-state index in [0.717, 1.165) is 29.7 Å². The number of nitrogens with zero attached hydrogens (tertiary/aromatic N) is 3. The Labute approximate surface area is 169 Å². The number of aliphatic hydroxyl groups is 1. The van der Waals surface area contributed by atoms with Crippen molar-refractivity contribution in [2.75, 3.05) is 13.1 Å². The summed E-state index contributed by atoms with van der Waals surface area (Å²) in [5.41, 5.74) is 6.45. The molecular formula is C24H22N4O. The first-order chi connectivity index (χ1) is 14.3. The van der Waals surface area contributed by atoms with E-state index in [-0.39, 0.29) is 6.61 Å². The summed E-state index contributed by atoms with van der Waals surface area (Å²) < 4.78 is 2.47. The normalized spacial score (nSPS) is 22.7. The van der Waals surface area contributed by atoms with Crippen molar-refractivity contribution in [3.05, 3.63) is 83.9 Å². The van der Waals surface area contributed by atoms with Gasteiger partial charge in [-0.15, -0.1) is 0 Å². The van der Waals surface area contributed by atoms with Gasteiger partial charge in [0.1, 0.15) is 5.82 Å². The maximum absolute atomic E-state index is 9.26. The molecule has 0 aliphatic carbocycles. The number of aromatic nitrogens is 3. The zero-order valence-corrected chi connectivity index (χ0v) is 16.0. The van der Waals surface area contributed by atoms with Gasteiger partial charge in [-0.3, -0.25) is 4.98 Å². The zero-order valence-electron chi connectivity index (χ0n) is 16.0. The van der Waals surface area contributed by atoms with Gasteiger partial charge in [0, 0.05) is 36.7 Å². The van der Waals surface area contributed by atoms with Crippen molar-refractivity contribution in [3.8, 4) is 11.1 Å². The Bertz CT molecular complexity index is 1180. The highest BCUT2D eigenvalue weighted by Crippen LogP contribution is 2.48. The molecule has 2 aromatic carbocycles. The summed E-state index contributed by atoms with van der Waals surface area (Å²) >= 11 is 0. The molecule has 2 aromatic heterocycles. The van der Waals surface area contributed by atoms with Crippen molar-refractivity contribution >= 4 is 11.0 Å². The molecule has 2 aliphatic rings. The molecule has 6 rings (SSSR count). The van der Waals surface area contributed by atoms with E-state index in [4.69, 9.17) is 4.98 Å². The van der Waals surface area contributed by atoms with Crippen LogP contribution < -0.4 is 5.32 Å². The van der Waals surface area contributed by atoms with E-state index in [9.17, 15) is 5.11 Å². The van der Waals surface area contributed by atoms with Crippen molar-refractivity contribution in [2.24, 2.45) is 5.92 Å². The van der Waals surface area contributed by atoms with E-state index in [1.807, 2.05) is 18.3 Å². The van der Waals surface area contributed by atoms with E-state index in [1.165, 1.54) is 16.9 Å². The molecule has 5 nitrogen and oxygen atoms in total. The molecule has 29 heavy (non-hydrogen) atoms. The lowest BCUT2D eigenvalue weighted by atomic mass is 9.88. The number of hydrogen-bond donors (Lipinski definition) is 2. The molecular weight excluding hydrogens is 360 g/mol. The van der Waals surface area contributed by atoms with Gasteiger partial charge >= 0.3 is 0 Å². The summed E-state index contributed by atoms with van der Waals surface area (Å²) in [6.07, 6.45) is 1.83. The highest BCUT2D eigenvalue weighted by Gasteiger charge is 2.46. The van der Waals surface area contributed by atoms with Crippen LogP contribution in [-0.2, 0) is 6.61 Å². The lowest BCUT2D eigenvalue weighted by molar-refractivity contribution is 0.277. The Morgan fingerprint density at radius 3 is 2.66 bits per heavy atom. The Kier molecular flexibility index (Phi) is 3.79. The summed E-state index contributed by atoms with van der Waals surface area (Å²) in [6.45, 7) is 1.99. The van der Waals surface area contributed by atoms with Gasteiger partial charge in [-0.05, 0) is 29.3 Å². The molecule has 5 heteroatoms. The fourth-order valence-electron chi connectivity index (χ4n) is 5.09. The highest BCUT2D eigenvalue weighted by molar-refractivity contribution is 5.83. The van der Waals surface area contributed by atoms with Crippen molar-refractivity contribution in [2.45, 2.75) is 18.6 Å². The standard InChI is InChI=1S/C24H22N4O/c29-14-18-8-6-17(11-26-18)16-7-9-21-22(10-16)28-23(15-4-2-1-3-5-15)19-12-25-13-20(19)24(28)27-21/h1-11,19-20,23,25,29H,12-14H2/t19-,20+,23-/m0/s1. The summed E-state index contributed by atoms with van der Waals surface area (Å²) in [6, 6.07) is 21.5. The largest absolute Gasteiger partial charge is 0.390 e. The summed E-state index contributed by atoms with van der Waals surface area (Å²) in [5, 5.41) is 12.8. The second kappa shape index (κ2) is 6.51. The van der Waals surface area contributed by atoms with Gasteiger partial charge in [0.05, 0.1) is 29.4 Å². The second-order valence-corrected chi connectivity index (χ2v) is 8.02. The molecule has 2 aliphatic heterocycles. The Balaban J connectivity index is 1.53. The third-order valence-corrected chi connectivity index (χ3v) is 6.45. The zero-order chi connectivity index (χ0) is 19.4. The predicted molar refractivity (Wildman–Crippen MR) is 113 cm³/mol. The molecule has 0 spiro atoms. The van der Waals surface area contributed by atoms with Crippen LogP contribution >= 0.6 is 0 Å². The molecule has 1 saturated heterocycles. The maximum atomic E-state index is 9.26. The topological polar surface area (TPSA) is 63.0 Å². The molecule has 0 bridgehead atoms. The van der Waals surface area contributed by atoms with Gasteiger partial charge in [-0.1, -0.05) is 42.5 Å². The summed E-state index contributed by atoms with van der Waals surface area (Å²) in [5.74, 6) is 2.20. The molecule has 0 radical (unpaired) electrons. The molecule has 3 atom stereocenters. The van der Waals surface area contributed by atoms with Crippen molar-refractivity contribution < 1.29 is 5.11 Å². The minimum Gasteiger partial charge on any atom is -0.390 e. The molecule has 4 aromatic rings. The van der Waals surface area contributed by atoms with E-state index in [2.05, 4.69) is 63.4 Å². The number of aliphatic hydroxyl groups excluding tert-OH is 1.